The van der Waals surface area contributed by atoms with Crippen molar-refractivity contribution in [1.82, 2.24) is 4.90 Å². The van der Waals surface area contributed by atoms with Crippen LogP contribution in [0.1, 0.15) is 46.0 Å². The van der Waals surface area contributed by atoms with Gasteiger partial charge in [0.2, 0.25) is 0 Å². The maximum Gasteiger partial charge on any atom is 0.000955 e. The number of likely N-dealkylation sites (tertiary alicyclic amines) is 1. The monoisotopic (exact) mass is 169 g/mol. The van der Waals surface area contributed by atoms with E-state index in [1.54, 1.807) is 0 Å². The molecule has 0 aromatic carbocycles. The Morgan fingerprint density at radius 1 is 1.25 bits per heavy atom. The first-order valence-electron chi connectivity index (χ1n) is 5.59. The fourth-order valence-corrected chi connectivity index (χ4v) is 2.17. The maximum atomic E-state index is 2.65. The van der Waals surface area contributed by atoms with Gasteiger partial charge in [0.25, 0.3) is 0 Å². The van der Waals surface area contributed by atoms with E-state index in [4.69, 9.17) is 0 Å². The Balaban J connectivity index is 2.31. The minimum atomic E-state index is 0.985. The summed E-state index contributed by atoms with van der Waals surface area (Å²) in [4.78, 5) is 2.65. The lowest BCUT2D eigenvalue weighted by Crippen LogP contribution is -2.28. The van der Waals surface area contributed by atoms with Crippen LogP contribution >= 0.6 is 0 Å². The van der Waals surface area contributed by atoms with Crippen molar-refractivity contribution in [3.05, 3.63) is 0 Å². The smallest absolute Gasteiger partial charge is 0.000955 e. The fraction of sp³-hybridized carbons (Fsp3) is 1.00. The number of rotatable bonds is 3. The molecule has 1 heteroatoms. The summed E-state index contributed by atoms with van der Waals surface area (Å²) in [5.41, 5.74) is 0. The van der Waals surface area contributed by atoms with Crippen LogP contribution in [-0.2, 0) is 0 Å². The topological polar surface area (TPSA) is 3.24 Å². The van der Waals surface area contributed by atoms with Crippen LogP contribution in [0, 0.1) is 5.92 Å². The van der Waals surface area contributed by atoms with Crippen LogP contribution in [0.25, 0.3) is 0 Å². The SMILES string of the molecule is CCCN1CCCC[C@@H](CC)C1. The summed E-state index contributed by atoms with van der Waals surface area (Å²) in [7, 11) is 0. The average Bonchev–Trinajstić information content (AvgIpc) is 2.30. The van der Waals surface area contributed by atoms with Gasteiger partial charge in [-0.3, -0.25) is 0 Å². The van der Waals surface area contributed by atoms with E-state index in [1.165, 1.54) is 51.7 Å². The molecular weight excluding hydrogens is 146 g/mol. The van der Waals surface area contributed by atoms with E-state index in [-0.39, 0.29) is 0 Å². The predicted octanol–water partition coefficient (Wildman–Crippen LogP) is 2.91. The lowest BCUT2D eigenvalue weighted by Gasteiger charge is -2.22. The molecule has 1 aliphatic heterocycles. The fourth-order valence-electron chi connectivity index (χ4n) is 2.17. The summed E-state index contributed by atoms with van der Waals surface area (Å²) in [6.45, 7) is 8.65. The van der Waals surface area contributed by atoms with Gasteiger partial charge < -0.3 is 4.90 Å². The highest BCUT2D eigenvalue weighted by Crippen LogP contribution is 2.18. The summed E-state index contributed by atoms with van der Waals surface area (Å²) in [6.07, 6.45) is 7.04. The normalized spacial score (nSPS) is 27.0. The van der Waals surface area contributed by atoms with Crippen molar-refractivity contribution in [1.29, 1.82) is 0 Å². The molecule has 1 rings (SSSR count). The lowest BCUT2D eigenvalue weighted by molar-refractivity contribution is 0.246. The zero-order chi connectivity index (χ0) is 8.81. The van der Waals surface area contributed by atoms with Crippen molar-refractivity contribution in [3.63, 3.8) is 0 Å². The zero-order valence-electron chi connectivity index (χ0n) is 8.68. The third-order valence-corrected chi connectivity index (χ3v) is 2.97. The van der Waals surface area contributed by atoms with E-state index in [2.05, 4.69) is 18.7 Å². The molecule has 0 N–H and O–H groups in total. The molecule has 0 aromatic heterocycles. The van der Waals surface area contributed by atoms with E-state index < -0.39 is 0 Å². The van der Waals surface area contributed by atoms with Crippen LogP contribution in [0.5, 0.6) is 0 Å². The van der Waals surface area contributed by atoms with Gasteiger partial charge in [0.15, 0.2) is 0 Å². The molecule has 0 spiro atoms. The van der Waals surface area contributed by atoms with Gasteiger partial charge in [0.05, 0.1) is 0 Å². The Morgan fingerprint density at radius 2 is 2.08 bits per heavy atom. The molecule has 0 aromatic rings. The van der Waals surface area contributed by atoms with Gasteiger partial charge in [-0.05, 0) is 38.3 Å². The summed E-state index contributed by atoms with van der Waals surface area (Å²) in [6, 6.07) is 0. The van der Waals surface area contributed by atoms with Gasteiger partial charge in [-0.2, -0.15) is 0 Å². The average molecular weight is 169 g/mol. The second-order valence-electron chi connectivity index (χ2n) is 4.07. The first-order valence-corrected chi connectivity index (χ1v) is 5.59. The molecule has 72 valence electrons. The van der Waals surface area contributed by atoms with Gasteiger partial charge in [0.1, 0.15) is 0 Å². The molecule has 1 aliphatic rings. The Labute approximate surface area is 77.1 Å². The van der Waals surface area contributed by atoms with E-state index in [0.29, 0.717) is 0 Å². The largest absolute Gasteiger partial charge is 0.303 e. The van der Waals surface area contributed by atoms with Crippen molar-refractivity contribution in [2.45, 2.75) is 46.0 Å². The summed E-state index contributed by atoms with van der Waals surface area (Å²) in [5, 5.41) is 0. The molecule has 0 radical (unpaired) electrons. The Hall–Kier alpha value is -0.0400. The third kappa shape index (κ3) is 3.14. The van der Waals surface area contributed by atoms with Crippen LogP contribution in [0.15, 0.2) is 0 Å². The molecular formula is C11H23N. The van der Waals surface area contributed by atoms with E-state index >= 15 is 0 Å². The van der Waals surface area contributed by atoms with Gasteiger partial charge in [0, 0.05) is 6.54 Å². The van der Waals surface area contributed by atoms with Gasteiger partial charge in [-0.15, -0.1) is 0 Å². The lowest BCUT2D eigenvalue weighted by atomic mass is 10.0. The highest BCUT2D eigenvalue weighted by molar-refractivity contribution is 4.69. The van der Waals surface area contributed by atoms with Crippen LogP contribution in [0.3, 0.4) is 0 Å². The molecule has 1 atom stereocenters. The van der Waals surface area contributed by atoms with Crippen molar-refractivity contribution >= 4 is 0 Å². The molecule has 1 fully saturated rings. The van der Waals surface area contributed by atoms with Crippen molar-refractivity contribution in [3.8, 4) is 0 Å². The first-order chi connectivity index (χ1) is 5.86. The minimum absolute atomic E-state index is 0.985. The van der Waals surface area contributed by atoms with Crippen LogP contribution in [-0.4, -0.2) is 24.5 Å². The Morgan fingerprint density at radius 3 is 2.75 bits per heavy atom. The van der Waals surface area contributed by atoms with Gasteiger partial charge in [-0.25, -0.2) is 0 Å². The predicted molar refractivity (Wildman–Crippen MR) is 54.4 cm³/mol. The highest BCUT2D eigenvalue weighted by Gasteiger charge is 2.15. The highest BCUT2D eigenvalue weighted by atomic mass is 15.1. The van der Waals surface area contributed by atoms with E-state index in [9.17, 15) is 0 Å². The summed E-state index contributed by atoms with van der Waals surface area (Å²) >= 11 is 0. The molecule has 1 saturated heterocycles. The van der Waals surface area contributed by atoms with E-state index in [0.717, 1.165) is 5.92 Å². The third-order valence-electron chi connectivity index (χ3n) is 2.97. The van der Waals surface area contributed by atoms with Crippen LogP contribution in [0.2, 0.25) is 0 Å². The second-order valence-corrected chi connectivity index (χ2v) is 4.07. The van der Waals surface area contributed by atoms with Crippen molar-refractivity contribution in [2.24, 2.45) is 5.92 Å². The van der Waals surface area contributed by atoms with Crippen molar-refractivity contribution < 1.29 is 0 Å². The maximum absolute atomic E-state index is 2.65. The molecule has 12 heavy (non-hydrogen) atoms. The van der Waals surface area contributed by atoms with Crippen LogP contribution in [0.4, 0.5) is 0 Å². The minimum Gasteiger partial charge on any atom is -0.303 e. The standard InChI is InChI=1S/C11H23N/c1-3-8-12-9-6-5-7-11(4-2)10-12/h11H,3-10H2,1-2H3/t11-/m1/s1. The summed E-state index contributed by atoms with van der Waals surface area (Å²) in [5.74, 6) is 0.985. The molecule has 1 nitrogen and oxygen atoms in total. The molecule has 0 aliphatic carbocycles. The molecule has 0 unspecified atom stereocenters. The number of hydrogen-bond donors (Lipinski definition) is 0. The Bertz CT molecular complexity index is 112. The zero-order valence-corrected chi connectivity index (χ0v) is 8.68. The summed E-state index contributed by atoms with van der Waals surface area (Å²) < 4.78 is 0. The second kappa shape index (κ2) is 5.58. The quantitative estimate of drug-likeness (QED) is 0.628. The Kier molecular flexibility index (Phi) is 4.67. The van der Waals surface area contributed by atoms with Crippen LogP contribution < -0.4 is 0 Å². The number of nitrogens with zero attached hydrogens (tertiary/aromatic N) is 1. The van der Waals surface area contributed by atoms with E-state index in [1.807, 2.05) is 0 Å². The van der Waals surface area contributed by atoms with Gasteiger partial charge in [-0.1, -0.05) is 26.7 Å². The van der Waals surface area contributed by atoms with Gasteiger partial charge >= 0.3 is 0 Å². The van der Waals surface area contributed by atoms with Crippen molar-refractivity contribution in [2.75, 3.05) is 19.6 Å². The molecule has 1 heterocycles. The molecule has 0 bridgehead atoms. The molecule has 0 saturated carbocycles. The molecule has 0 amide bonds. The first kappa shape index (κ1) is 10.0. The number of hydrogen-bond acceptors (Lipinski definition) is 1.